The molecule has 68 valence electrons. The van der Waals surface area contributed by atoms with Gasteiger partial charge in [0.2, 0.25) is 0 Å². The van der Waals surface area contributed by atoms with Crippen molar-refractivity contribution in [3.63, 3.8) is 0 Å². The molecule has 1 fully saturated rings. The van der Waals surface area contributed by atoms with Crippen molar-refractivity contribution in [2.75, 3.05) is 18.6 Å². The van der Waals surface area contributed by atoms with Crippen LogP contribution in [-0.2, 0) is 0 Å². The van der Waals surface area contributed by atoms with Crippen molar-refractivity contribution in [3.05, 3.63) is 0 Å². The van der Waals surface area contributed by atoms with Gasteiger partial charge in [-0.1, -0.05) is 5.92 Å². The summed E-state index contributed by atoms with van der Waals surface area (Å²) in [5.74, 6) is 6.29. The highest BCUT2D eigenvalue weighted by Gasteiger charge is 2.16. The maximum Gasteiger partial charge on any atom is 0.0687 e. The van der Waals surface area contributed by atoms with Crippen LogP contribution in [0, 0.1) is 18.3 Å². The quantitative estimate of drug-likeness (QED) is 0.669. The molecule has 1 rings (SSSR count). The van der Waals surface area contributed by atoms with Gasteiger partial charge in [0.25, 0.3) is 0 Å². The maximum absolute atomic E-state index is 5.38. The smallest absolute Gasteiger partial charge is 0.0687 e. The van der Waals surface area contributed by atoms with Crippen LogP contribution in [0.2, 0.25) is 0 Å². The van der Waals surface area contributed by atoms with Crippen LogP contribution in [0.1, 0.15) is 19.3 Å². The van der Waals surface area contributed by atoms with Gasteiger partial charge in [0.05, 0.1) is 6.04 Å². The van der Waals surface area contributed by atoms with Crippen molar-refractivity contribution in [2.24, 2.45) is 5.92 Å². The first-order chi connectivity index (χ1) is 5.86. The molecule has 2 heteroatoms. The van der Waals surface area contributed by atoms with E-state index in [1.807, 2.05) is 7.05 Å². The van der Waals surface area contributed by atoms with Gasteiger partial charge in [0.15, 0.2) is 0 Å². The van der Waals surface area contributed by atoms with Crippen LogP contribution in [0.25, 0.3) is 0 Å². The second-order valence-corrected chi connectivity index (χ2v) is 4.52. The lowest BCUT2D eigenvalue weighted by Gasteiger charge is -2.23. The molecule has 1 unspecified atom stereocenters. The summed E-state index contributed by atoms with van der Waals surface area (Å²) in [6.07, 6.45) is 9.25. The van der Waals surface area contributed by atoms with Crippen LogP contribution in [0.4, 0.5) is 0 Å². The van der Waals surface area contributed by atoms with Gasteiger partial charge in [-0.2, -0.15) is 11.8 Å². The van der Waals surface area contributed by atoms with E-state index in [4.69, 9.17) is 6.42 Å². The third-order valence-electron chi connectivity index (χ3n) is 2.46. The van der Waals surface area contributed by atoms with Crippen LogP contribution in [0.3, 0.4) is 0 Å². The molecule has 0 aromatic carbocycles. The molecule has 1 aliphatic heterocycles. The van der Waals surface area contributed by atoms with Crippen LogP contribution in [0.5, 0.6) is 0 Å². The summed E-state index contributed by atoms with van der Waals surface area (Å²) in [4.78, 5) is 0. The van der Waals surface area contributed by atoms with Crippen LogP contribution >= 0.6 is 11.8 Å². The van der Waals surface area contributed by atoms with Crippen molar-refractivity contribution in [3.8, 4) is 12.3 Å². The predicted molar refractivity (Wildman–Crippen MR) is 56.3 cm³/mol. The maximum atomic E-state index is 5.38. The molecular formula is C10H17NS. The average molecular weight is 183 g/mol. The lowest BCUT2D eigenvalue weighted by atomic mass is 9.95. The fourth-order valence-electron chi connectivity index (χ4n) is 1.58. The Morgan fingerprint density at radius 1 is 1.58 bits per heavy atom. The van der Waals surface area contributed by atoms with Gasteiger partial charge in [-0.3, -0.25) is 0 Å². The van der Waals surface area contributed by atoms with Crippen molar-refractivity contribution in [1.82, 2.24) is 5.32 Å². The molecule has 0 aromatic rings. The molecule has 1 nitrogen and oxygen atoms in total. The van der Waals surface area contributed by atoms with E-state index in [1.165, 1.54) is 24.3 Å². The molecule has 0 bridgehead atoms. The summed E-state index contributed by atoms with van der Waals surface area (Å²) in [5.41, 5.74) is 0. The lowest BCUT2D eigenvalue weighted by Crippen LogP contribution is -2.27. The molecule has 1 aliphatic rings. The van der Waals surface area contributed by atoms with Crippen molar-refractivity contribution in [1.29, 1.82) is 0 Å². The normalized spacial score (nSPS) is 21.7. The highest BCUT2D eigenvalue weighted by atomic mass is 32.2. The minimum absolute atomic E-state index is 0.290. The van der Waals surface area contributed by atoms with Gasteiger partial charge < -0.3 is 5.32 Å². The minimum atomic E-state index is 0.290. The molecule has 0 aliphatic carbocycles. The number of thioether (sulfide) groups is 1. The summed E-state index contributed by atoms with van der Waals surface area (Å²) in [6.45, 7) is 0. The molecule has 0 amide bonds. The standard InChI is InChI=1S/C10H17NS/c1-3-10(11-2)8-9-4-6-12-7-5-9/h1,9-11H,4-8H2,2H3. The van der Waals surface area contributed by atoms with E-state index in [1.54, 1.807) is 0 Å². The summed E-state index contributed by atoms with van der Waals surface area (Å²) in [7, 11) is 1.95. The number of nitrogens with one attached hydrogen (secondary N) is 1. The van der Waals surface area contributed by atoms with E-state index in [0.29, 0.717) is 0 Å². The molecule has 1 N–H and O–H groups in total. The zero-order valence-corrected chi connectivity index (χ0v) is 8.49. The number of terminal acetylenes is 1. The van der Waals surface area contributed by atoms with E-state index in [9.17, 15) is 0 Å². The topological polar surface area (TPSA) is 12.0 Å². The summed E-state index contributed by atoms with van der Waals surface area (Å²) < 4.78 is 0. The van der Waals surface area contributed by atoms with Gasteiger partial charge in [0.1, 0.15) is 0 Å². The van der Waals surface area contributed by atoms with Crippen LogP contribution in [-0.4, -0.2) is 24.6 Å². The highest BCUT2D eigenvalue weighted by Crippen LogP contribution is 2.25. The van der Waals surface area contributed by atoms with Gasteiger partial charge in [0, 0.05) is 0 Å². The van der Waals surface area contributed by atoms with Crippen molar-refractivity contribution in [2.45, 2.75) is 25.3 Å². The summed E-state index contributed by atoms with van der Waals surface area (Å²) in [5, 5.41) is 3.16. The average Bonchev–Trinajstić information content (AvgIpc) is 2.16. The second kappa shape index (κ2) is 5.50. The fraction of sp³-hybridized carbons (Fsp3) is 0.800. The van der Waals surface area contributed by atoms with Crippen molar-refractivity contribution < 1.29 is 0 Å². The lowest BCUT2D eigenvalue weighted by molar-refractivity contribution is 0.416. The molecule has 0 spiro atoms. The minimum Gasteiger partial charge on any atom is -0.307 e. The highest BCUT2D eigenvalue weighted by molar-refractivity contribution is 7.99. The number of rotatable bonds is 3. The van der Waals surface area contributed by atoms with Crippen molar-refractivity contribution >= 4 is 11.8 Å². The van der Waals surface area contributed by atoms with E-state index >= 15 is 0 Å². The van der Waals surface area contributed by atoms with Crippen LogP contribution < -0.4 is 5.32 Å². The van der Waals surface area contributed by atoms with Gasteiger partial charge in [-0.25, -0.2) is 0 Å². The third kappa shape index (κ3) is 3.08. The first kappa shape index (κ1) is 9.95. The van der Waals surface area contributed by atoms with Gasteiger partial charge >= 0.3 is 0 Å². The Morgan fingerprint density at radius 2 is 2.25 bits per heavy atom. The Morgan fingerprint density at radius 3 is 2.75 bits per heavy atom. The van der Waals surface area contributed by atoms with E-state index in [2.05, 4.69) is 23.0 Å². The SMILES string of the molecule is C#CC(CC1CCSCC1)NC. The monoisotopic (exact) mass is 183 g/mol. The Kier molecular flexibility index (Phi) is 4.57. The summed E-state index contributed by atoms with van der Waals surface area (Å²) in [6, 6.07) is 0.290. The van der Waals surface area contributed by atoms with E-state index < -0.39 is 0 Å². The van der Waals surface area contributed by atoms with Crippen LogP contribution in [0.15, 0.2) is 0 Å². The van der Waals surface area contributed by atoms with Gasteiger partial charge in [-0.15, -0.1) is 6.42 Å². The largest absolute Gasteiger partial charge is 0.307 e. The molecule has 1 heterocycles. The Labute approximate surface area is 79.7 Å². The Bertz CT molecular complexity index is 156. The molecule has 0 aromatic heterocycles. The predicted octanol–water partition coefficient (Wildman–Crippen LogP) is 1.74. The Hall–Kier alpha value is -0.130. The number of hydrogen-bond donors (Lipinski definition) is 1. The molecule has 1 atom stereocenters. The number of hydrogen-bond acceptors (Lipinski definition) is 2. The molecular weight excluding hydrogens is 166 g/mol. The third-order valence-corrected chi connectivity index (χ3v) is 3.51. The fourth-order valence-corrected chi connectivity index (χ4v) is 2.79. The first-order valence-electron chi connectivity index (χ1n) is 4.58. The molecule has 0 radical (unpaired) electrons. The zero-order valence-electron chi connectivity index (χ0n) is 7.68. The second-order valence-electron chi connectivity index (χ2n) is 3.30. The summed E-state index contributed by atoms with van der Waals surface area (Å²) >= 11 is 2.07. The Balaban J connectivity index is 2.24. The van der Waals surface area contributed by atoms with E-state index in [0.717, 1.165) is 12.3 Å². The first-order valence-corrected chi connectivity index (χ1v) is 5.73. The molecule has 1 saturated heterocycles. The van der Waals surface area contributed by atoms with E-state index in [-0.39, 0.29) is 6.04 Å². The van der Waals surface area contributed by atoms with Gasteiger partial charge in [-0.05, 0) is 43.7 Å². The zero-order chi connectivity index (χ0) is 8.81. The molecule has 12 heavy (non-hydrogen) atoms. The molecule has 0 saturated carbocycles.